The Hall–Kier alpha value is -4.79. The maximum absolute atomic E-state index is 11.7. The first-order valence-electron chi connectivity index (χ1n) is 15.6. The van der Waals surface area contributed by atoms with Gasteiger partial charge in [0.15, 0.2) is 0 Å². The maximum atomic E-state index is 11.7. The topological polar surface area (TPSA) is 126 Å². The van der Waals surface area contributed by atoms with E-state index < -0.39 is 11.9 Å². The molecule has 0 aliphatic carbocycles. The fourth-order valence-electron chi connectivity index (χ4n) is 4.01. The highest BCUT2D eigenvalue weighted by molar-refractivity contribution is 5.94. The summed E-state index contributed by atoms with van der Waals surface area (Å²) in [6, 6.07) is 9.66. The van der Waals surface area contributed by atoms with E-state index in [0.717, 1.165) is 25.7 Å². The Morgan fingerprint density at radius 3 is 1.55 bits per heavy atom. The number of anilines is 2. The molecule has 256 valence electrons. The van der Waals surface area contributed by atoms with Gasteiger partial charge < -0.3 is 30.0 Å². The van der Waals surface area contributed by atoms with Crippen LogP contribution in [0.2, 0.25) is 0 Å². The van der Waals surface area contributed by atoms with Crippen LogP contribution in [0.15, 0.2) is 83.0 Å². The molecule has 2 rings (SSSR count). The number of amides is 1. The Kier molecular flexibility index (Phi) is 18.7. The monoisotopic (exact) mass is 648 g/mol. The van der Waals surface area contributed by atoms with E-state index in [1.165, 1.54) is 43.4 Å². The van der Waals surface area contributed by atoms with Crippen LogP contribution in [0, 0.1) is 0 Å². The fraction of sp³-hybridized carbons (Fsp3) is 0.395. The number of rotatable bonds is 15. The minimum absolute atomic E-state index is 0.205. The van der Waals surface area contributed by atoms with Gasteiger partial charge in [0.25, 0.3) is 0 Å². The van der Waals surface area contributed by atoms with E-state index in [9.17, 15) is 14.4 Å². The summed E-state index contributed by atoms with van der Waals surface area (Å²) in [5, 5.41) is 2.70. The third-order valence-corrected chi connectivity index (χ3v) is 6.67. The summed E-state index contributed by atoms with van der Waals surface area (Å²) in [5.41, 5.74) is 12.8. The molecule has 0 saturated carbocycles. The third kappa shape index (κ3) is 16.9. The number of hydrogen-bond donors (Lipinski definition) is 2. The lowest BCUT2D eigenvalue weighted by atomic mass is 10.1. The zero-order valence-corrected chi connectivity index (χ0v) is 29.5. The van der Waals surface area contributed by atoms with Gasteiger partial charge in [-0.2, -0.15) is 0 Å². The molecule has 9 heteroatoms. The largest absolute Gasteiger partial charge is 0.487 e. The highest BCUT2D eigenvalue weighted by atomic mass is 16.5. The second kappa shape index (κ2) is 21.9. The standard InChI is InChI=1S/C20H27NO4.C18H25NO3/c1-14(2)7-6-8-15(3)11-12-25-19-13-17(20(23)24-5)9-10-18(19)21-16(4)22;1-13(2)6-5-7-14(3)10-11-22-17-12-15(18(20)21-4)8-9-16(17)19/h7,9-11,13H,6,8,12H2,1-5H3,(H,21,22);6,8-10,12H,5,7,11,19H2,1-4H3/b15-11+;14-10+. The Bertz CT molecular complexity index is 1460. The molecule has 0 heterocycles. The number of carbonyl (C=O) groups excluding carboxylic acids is 3. The van der Waals surface area contributed by atoms with Gasteiger partial charge in [0.2, 0.25) is 5.91 Å². The number of hydrogen-bond acceptors (Lipinski definition) is 8. The van der Waals surface area contributed by atoms with E-state index in [0.29, 0.717) is 47.2 Å². The van der Waals surface area contributed by atoms with Gasteiger partial charge in [-0.05, 0) is 116 Å². The highest BCUT2D eigenvalue weighted by Crippen LogP contribution is 2.27. The number of ether oxygens (including phenoxy) is 4. The van der Waals surface area contributed by atoms with Crippen LogP contribution in [0.1, 0.15) is 94.9 Å². The summed E-state index contributed by atoms with van der Waals surface area (Å²) < 4.78 is 20.8. The van der Waals surface area contributed by atoms with Gasteiger partial charge in [-0.25, -0.2) is 9.59 Å². The summed E-state index contributed by atoms with van der Waals surface area (Å²) in [6.45, 7) is 14.7. The van der Waals surface area contributed by atoms with Gasteiger partial charge >= 0.3 is 11.9 Å². The quantitative estimate of drug-likeness (QED) is 0.112. The minimum atomic E-state index is -0.451. The zero-order chi connectivity index (χ0) is 35.4. The van der Waals surface area contributed by atoms with Crippen LogP contribution in [0.4, 0.5) is 11.4 Å². The lowest BCUT2D eigenvalue weighted by molar-refractivity contribution is -0.114. The number of nitrogens with one attached hydrogen (secondary N) is 1. The first-order chi connectivity index (χ1) is 22.3. The molecule has 0 radical (unpaired) electrons. The molecule has 0 unspecified atom stereocenters. The molecule has 3 N–H and O–H groups in total. The van der Waals surface area contributed by atoms with Crippen LogP contribution in [-0.2, 0) is 14.3 Å². The van der Waals surface area contributed by atoms with Crippen LogP contribution >= 0.6 is 0 Å². The Balaban J connectivity index is 0.000000474. The molecule has 2 aromatic rings. The van der Waals surface area contributed by atoms with E-state index in [-0.39, 0.29) is 5.91 Å². The van der Waals surface area contributed by atoms with Gasteiger partial charge in [0.05, 0.1) is 36.7 Å². The molecule has 0 saturated heterocycles. The van der Waals surface area contributed by atoms with Crippen molar-refractivity contribution in [2.24, 2.45) is 0 Å². The zero-order valence-electron chi connectivity index (χ0n) is 29.5. The van der Waals surface area contributed by atoms with E-state index >= 15 is 0 Å². The lowest BCUT2D eigenvalue weighted by Gasteiger charge is -2.12. The van der Waals surface area contributed by atoms with Crippen LogP contribution in [-0.4, -0.2) is 45.3 Å². The SMILES string of the molecule is COC(=O)c1ccc(N)c(OC/C=C(\C)CCC=C(C)C)c1.COC(=O)c1ccc(NC(C)=O)c(OC/C=C(\C)CCC=C(C)C)c1. The summed E-state index contributed by atoms with van der Waals surface area (Å²) in [5.74, 6) is -0.127. The molecular formula is C38H52N2O7. The fourth-order valence-corrected chi connectivity index (χ4v) is 4.01. The number of nitrogens with two attached hydrogens (primary N) is 1. The van der Waals surface area contributed by atoms with Gasteiger partial charge in [-0.3, -0.25) is 4.79 Å². The summed E-state index contributed by atoms with van der Waals surface area (Å²) >= 11 is 0. The number of allylic oxidation sites excluding steroid dienone is 6. The van der Waals surface area contributed by atoms with Crippen molar-refractivity contribution in [1.29, 1.82) is 0 Å². The molecule has 0 aliphatic heterocycles. The van der Waals surface area contributed by atoms with Gasteiger partial charge in [0, 0.05) is 6.92 Å². The molecule has 1 amide bonds. The van der Waals surface area contributed by atoms with Crippen molar-refractivity contribution in [2.75, 3.05) is 38.5 Å². The Morgan fingerprint density at radius 2 is 1.11 bits per heavy atom. The molecule has 0 bridgehead atoms. The minimum Gasteiger partial charge on any atom is -0.487 e. The summed E-state index contributed by atoms with van der Waals surface area (Å²) in [4.78, 5) is 34.5. The number of nitrogen functional groups attached to an aromatic ring is 1. The van der Waals surface area contributed by atoms with Crippen molar-refractivity contribution in [3.63, 3.8) is 0 Å². The van der Waals surface area contributed by atoms with Crippen molar-refractivity contribution in [3.8, 4) is 11.5 Å². The van der Waals surface area contributed by atoms with Crippen molar-refractivity contribution in [2.45, 2.75) is 74.1 Å². The predicted octanol–water partition coefficient (Wildman–Crippen LogP) is 8.63. The van der Waals surface area contributed by atoms with Crippen LogP contribution < -0.4 is 20.5 Å². The summed E-state index contributed by atoms with van der Waals surface area (Å²) in [7, 11) is 2.67. The number of carbonyl (C=O) groups is 3. The molecule has 0 atom stereocenters. The van der Waals surface area contributed by atoms with E-state index in [2.05, 4.69) is 63.7 Å². The Morgan fingerprint density at radius 1 is 0.660 bits per heavy atom. The molecule has 0 aromatic heterocycles. The van der Waals surface area contributed by atoms with Crippen LogP contribution in [0.3, 0.4) is 0 Å². The molecule has 9 nitrogen and oxygen atoms in total. The molecule has 0 aliphatic rings. The van der Waals surface area contributed by atoms with Crippen molar-refractivity contribution < 1.29 is 33.3 Å². The highest BCUT2D eigenvalue weighted by Gasteiger charge is 2.12. The van der Waals surface area contributed by atoms with E-state index in [4.69, 9.17) is 19.9 Å². The normalized spacial score (nSPS) is 10.9. The molecule has 0 fully saturated rings. The molecular weight excluding hydrogens is 596 g/mol. The smallest absolute Gasteiger partial charge is 0.337 e. The number of benzene rings is 2. The van der Waals surface area contributed by atoms with E-state index in [1.54, 1.807) is 36.4 Å². The van der Waals surface area contributed by atoms with Crippen molar-refractivity contribution >= 4 is 29.2 Å². The average Bonchev–Trinajstić information content (AvgIpc) is 3.01. The second-order valence-electron chi connectivity index (χ2n) is 11.5. The van der Waals surface area contributed by atoms with Gasteiger partial charge in [-0.1, -0.05) is 34.4 Å². The molecule has 2 aromatic carbocycles. The molecule has 0 spiro atoms. The van der Waals surface area contributed by atoms with E-state index in [1.807, 2.05) is 12.2 Å². The van der Waals surface area contributed by atoms with Crippen molar-refractivity contribution in [3.05, 3.63) is 94.1 Å². The van der Waals surface area contributed by atoms with Crippen molar-refractivity contribution in [1.82, 2.24) is 0 Å². The maximum Gasteiger partial charge on any atom is 0.337 e. The first-order valence-corrected chi connectivity index (χ1v) is 15.6. The van der Waals surface area contributed by atoms with Crippen LogP contribution in [0.5, 0.6) is 11.5 Å². The average molecular weight is 649 g/mol. The number of methoxy groups -OCH3 is 2. The first kappa shape index (κ1) is 40.2. The third-order valence-electron chi connectivity index (χ3n) is 6.67. The van der Waals surface area contributed by atoms with Gasteiger partial charge in [-0.15, -0.1) is 0 Å². The van der Waals surface area contributed by atoms with Crippen LogP contribution in [0.25, 0.3) is 0 Å². The lowest BCUT2D eigenvalue weighted by Crippen LogP contribution is -2.09. The van der Waals surface area contributed by atoms with Gasteiger partial charge in [0.1, 0.15) is 24.7 Å². The number of esters is 2. The molecule has 47 heavy (non-hydrogen) atoms. The predicted molar refractivity (Wildman–Crippen MR) is 190 cm³/mol. The summed E-state index contributed by atoms with van der Waals surface area (Å²) in [6.07, 6.45) is 12.5. The Labute approximate surface area is 280 Å². The second-order valence-corrected chi connectivity index (χ2v) is 11.5.